The summed E-state index contributed by atoms with van der Waals surface area (Å²) in [6.07, 6.45) is 2.50. The van der Waals surface area contributed by atoms with Crippen LogP contribution in [0.15, 0.2) is 29.6 Å². The maximum Gasteiger partial charge on any atom is 0.224 e. The van der Waals surface area contributed by atoms with Crippen molar-refractivity contribution in [2.75, 3.05) is 5.32 Å². The van der Waals surface area contributed by atoms with Crippen LogP contribution in [0.2, 0.25) is 0 Å². The Morgan fingerprint density at radius 2 is 2.10 bits per heavy atom. The van der Waals surface area contributed by atoms with Gasteiger partial charge in [-0.05, 0) is 69.6 Å². The Bertz CT molecular complexity index is 655. The SMILES string of the molecule is O=C1CCCc2cc(C(Br)c3csc(I)c3)ccc2N1. The number of fused-ring (bicyclic) bond motifs is 1. The van der Waals surface area contributed by atoms with Crippen molar-refractivity contribution in [2.24, 2.45) is 0 Å². The van der Waals surface area contributed by atoms with Gasteiger partial charge in [0, 0.05) is 12.1 Å². The molecule has 2 nitrogen and oxygen atoms in total. The van der Waals surface area contributed by atoms with Crippen LogP contribution in [-0.4, -0.2) is 5.91 Å². The fourth-order valence-electron chi connectivity index (χ4n) is 2.40. The first kappa shape index (κ1) is 14.5. The first-order valence-electron chi connectivity index (χ1n) is 6.44. The van der Waals surface area contributed by atoms with Gasteiger partial charge in [-0.15, -0.1) is 11.3 Å². The zero-order chi connectivity index (χ0) is 14.1. The van der Waals surface area contributed by atoms with Crippen LogP contribution in [0.25, 0.3) is 0 Å². The first-order chi connectivity index (χ1) is 9.63. The van der Waals surface area contributed by atoms with Gasteiger partial charge in [-0.2, -0.15) is 0 Å². The Morgan fingerprint density at radius 3 is 2.85 bits per heavy atom. The van der Waals surface area contributed by atoms with Gasteiger partial charge >= 0.3 is 0 Å². The van der Waals surface area contributed by atoms with Gasteiger partial charge in [0.15, 0.2) is 0 Å². The maximum atomic E-state index is 11.6. The van der Waals surface area contributed by atoms with Crippen molar-refractivity contribution in [3.63, 3.8) is 0 Å². The van der Waals surface area contributed by atoms with Gasteiger partial charge in [-0.1, -0.05) is 28.1 Å². The molecule has 0 spiro atoms. The molecule has 1 amide bonds. The lowest BCUT2D eigenvalue weighted by Crippen LogP contribution is -2.09. The summed E-state index contributed by atoms with van der Waals surface area (Å²) in [6, 6.07) is 8.54. The molecule has 0 saturated heterocycles. The van der Waals surface area contributed by atoms with Gasteiger partial charge in [0.2, 0.25) is 5.91 Å². The minimum absolute atomic E-state index is 0.124. The van der Waals surface area contributed by atoms with Crippen LogP contribution in [0.3, 0.4) is 0 Å². The van der Waals surface area contributed by atoms with Crippen molar-refractivity contribution in [2.45, 2.75) is 24.1 Å². The molecule has 2 aromatic rings. The van der Waals surface area contributed by atoms with Crippen molar-refractivity contribution in [3.05, 3.63) is 49.2 Å². The highest BCUT2D eigenvalue weighted by Gasteiger charge is 2.17. The lowest BCUT2D eigenvalue weighted by Gasteiger charge is -2.13. The molecule has 2 heterocycles. The molecule has 1 aromatic heterocycles. The van der Waals surface area contributed by atoms with Crippen LogP contribution in [0.5, 0.6) is 0 Å². The molecule has 0 saturated carbocycles. The quantitative estimate of drug-likeness (QED) is 0.488. The van der Waals surface area contributed by atoms with Crippen LogP contribution >= 0.6 is 49.9 Å². The minimum Gasteiger partial charge on any atom is -0.326 e. The fraction of sp³-hybridized carbons (Fsp3) is 0.267. The molecule has 1 atom stereocenters. The van der Waals surface area contributed by atoms with Gasteiger partial charge in [0.1, 0.15) is 0 Å². The number of alkyl halides is 1. The Morgan fingerprint density at radius 1 is 1.25 bits per heavy atom. The van der Waals surface area contributed by atoms with Gasteiger partial charge in [0.25, 0.3) is 0 Å². The number of halogens is 2. The third-order valence-corrected chi connectivity index (χ3v) is 6.29. The zero-order valence-corrected chi connectivity index (χ0v) is 15.2. The van der Waals surface area contributed by atoms with E-state index >= 15 is 0 Å². The number of hydrogen-bond acceptors (Lipinski definition) is 2. The second-order valence-corrected chi connectivity index (χ2v) is 8.59. The molecule has 0 fully saturated rings. The van der Waals surface area contributed by atoms with Crippen LogP contribution in [0, 0.1) is 2.88 Å². The molecule has 0 aliphatic carbocycles. The Labute approximate surface area is 144 Å². The Balaban J connectivity index is 1.92. The van der Waals surface area contributed by atoms with Crippen LogP contribution < -0.4 is 5.32 Å². The standard InChI is InChI=1S/C15H13BrINOS/c16-15(11-7-13(17)20-8-11)10-4-5-12-9(6-10)2-1-3-14(19)18-12/h4-8,15H,1-3H2,(H,18,19). The second-order valence-electron chi connectivity index (χ2n) is 4.87. The van der Waals surface area contributed by atoms with Crippen molar-refractivity contribution >= 4 is 61.5 Å². The largest absolute Gasteiger partial charge is 0.326 e. The molecule has 1 N–H and O–H groups in total. The number of carbonyl (C=O) groups excluding carboxylic acids is 1. The average molecular weight is 462 g/mol. The fourth-order valence-corrected chi connectivity index (χ4v) is 4.52. The van der Waals surface area contributed by atoms with Crippen molar-refractivity contribution in [1.29, 1.82) is 0 Å². The lowest BCUT2D eigenvalue weighted by atomic mass is 10.0. The number of rotatable bonds is 2. The number of anilines is 1. The molecule has 1 aliphatic rings. The lowest BCUT2D eigenvalue weighted by molar-refractivity contribution is -0.116. The van der Waals surface area contributed by atoms with E-state index < -0.39 is 0 Å². The van der Waals surface area contributed by atoms with Crippen molar-refractivity contribution in [3.8, 4) is 0 Å². The smallest absolute Gasteiger partial charge is 0.224 e. The topological polar surface area (TPSA) is 29.1 Å². The van der Waals surface area contributed by atoms with Gasteiger partial charge < -0.3 is 5.32 Å². The minimum atomic E-state index is 0.124. The molecule has 1 aromatic carbocycles. The highest BCUT2D eigenvalue weighted by Crippen LogP contribution is 2.36. The molecule has 0 radical (unpaired) electrons. The number of aryl methyl sites for hydroxylation is 1. The van der Waals surface area contributed by atoms with E-state index in [2.05, 4.69) is 67.4 Å². The normalized spacial score (nSPS) is 16.2. The van der Waals surface area contributed by atoms with Crippen molar-refractivity contribution < 1.29 is 4.79 Å². The number of benzene rings is 1. The van der Waals surface area contributed by atoms with E-state index in [1.165, 1.54) is 19.6 Å². The van der Waals surface area contributed by atoms with Gasteiger partial charge in [0.05, 0.1) is 7.71 Å². The zero-order valence-electron chi connectivity index (χ0n) is 10.7. The number of hydrogen-bond donors (Lipinski definition) is 1. The molecular weight excluding hydrogens is 449 g/mol. The summed E-state index contributed by atoms with van der Waals surface area (Å²) >= 11 is 7.89. The van der Waals surface area contributed by atoms with E-state index in [0.29, 0.717) is 6.42 Å². The second kappa shape index (κ2) is 6.15. The van der Waals surface area contributed by atoms with Gasteiger partial charge in [-0.3, -0.25) is 4.79 Å². The summed E-state index contributed by atoms with van der Waals surface area (Å²) in [5.74, 6) is 0.124. The molecular formula is C15H13BrINOS. The third kappa shape index (κ3) is 3.09. The molecule has 3 rings (SSSR count). The van der Waals surface area contributed by atoms with Gasteiger partial charge in [-0.25, -0.2) is 0 Å². The Kier molecular flexibility index (Phi) is 4.47. The number of amides is 1. The van der Waals surface area contributed by atoms with E-state index in [0.717, 1.165) is 18.5 Å². The summed E-state index contributed by atoms with van der Waals surface area (Å²) < 4.78 is 1.30. The summed E-state index contributed by atoms with van der Waals surface area (Å²) in [5, 5.41) is 5.17. The van der Waals surface area contributed by atoms with E-state index in [4.69, 9.17) is 0 Å². The van der Waals surface area contributed by atoms with Crippen LogP contribution in [0.4, 0.5) is 5.69 Å². The first-order valence-corrected chi connectivity index (χ1v) is 9.31. The number of thiophene rings is 1. The van der Waals surface area contributed by atoms with E-state index in [9.17, 15) is 4.79 Å². The molecule has 20 heavy (non-hydrogen) atoms. The predicted octanol–water partition coefficient (Wildman–Crippen LogP) is 5.11. The molecule has 1 aliphatic heterocycles. The highest BCUT2D eigenvalue weighted by molar-refractivity contribution is 14.1. The van der Waals surface area contributed by atoms with E-state index in [-0.39, 0.29) is 10.7 Å². The third-order valence-electron chi connectivity index (χ3n) is 3.43. The van der Waals surface area contributed by atoms with Crippen LogP contribution in [0.1, 0.15) is 34.4 Å². The average Bonchev–Trinajstić information content (AvgIpc) is 2.77. The Hall–Kier alpha value is -0.400. The summed E-state index contributed by atoms with van der Waals surface area (Å²) in [5.41, 5.74) is 4.74. The van der Waals surface area contributed by atoms with Crippen molar-refractivity contribution in [1.82, 2.24) is 0 Å². The summed E-state index contributed by atoms with van der Waals surface area (Å²) in [7, 11) is 0. The molecule has 1 unspecified atom stereocenters. The molecule has 0 bridgehead atoms. The highest BCUT2D eigenvalue weighted by atomic mass is 127. The van der Waals surface area contributed by atoms with E-state index in [1.54, 1.807) is 11.3 Å². The predicted molar refractivity (Wildman–Crippen MR) is 95.8 cm³/mol. The summed E-state index contributed by atoms with van der Waals surface area (Å²) in [4.78, 5) is 11.8. The molecule has 104 valence electrons. The summed E-state index contributed by atoms with van der Waals surface area (Å²) in [6.45, 7) is 0. The number of carbonyl (C=O) groups is 1. The molecule has 5 heteroatoms. The van der Waals surface area contributed by atoms with Crippen LogP contribution in [-0.2, 0) is 11.2 Å². The maximum absolute atomic E-state index is 11.6. The monoisotopic (exact) mass is 461 g/mol. The number of nitrogens with one attached hydrogen (secondary N) is 1. The van der Waals surface area contributed by atoms with E-state index in [1.807, 2.05) is 6.07 Å².